The summed E-state index contributed by atoms with van der Waals surface area (Å²) in [6, 6.07) is 10.0. The Morgan fingerprint density at radius 3 is 2.74 bits per heavy atom. The number of rotatable bonds is 6. The van der Waals surface area contributed by atoms with Crippen molar-refractivity contribution in [1.29, 1.82) is 0 Å². The Hall–Kier alpha value is -1.98. The van der Waals surface area contributed by atoms with E-state index in [2.05, 4.69) is 6.92 Å². The molecular formula is C18H20N2O2S. The Morgan fingerprint density at radius 1 is 1.26 bits per heavy atom. The molecule has 2 heterocycles. The normalized spacial score (nSPS) is 11.2. The number of benzene rings is 1. The molecule has 0 saturated carbocycles. The number of fused-ring (bicyclic) bond motifs is 1. The number of hydrogen-bond donors (Lipinski definition) is 0. The van der Waals surface area contributed by atoms with E-state index in [4.69, 9.17) is 9.72 Å². The number of ether oxygens (including phenoxy) is 1. The molecular weight excluding hydrogens is 308 g/mol. The zero-order valence-electron chi connectivity index (χ0n) is 13.4. The van der Waals surface area contributed by atoms with E-state index in [9.17, 15) is 4.79 Å². The highest BCUT2D eigenvalue weighted by molar-refractivity contribution is 7.17. The number of aromatic nitrogens is 2. The van der Waals surface area contributed by atoms with E-state index in [1.54, 1.807) is 11.7 Å². The summed E-state index contributed by atoms with van der Waals surface area (Å²) >= 11 is 1.54. The van der Waals surface area contributed by atoms with Crippen molar-refractivity contribution in [2.45, 2.75) is 26.3 Å². The van der Waals surface area contributed by atoms with Crippen LogP contribution in [0, 0.1) is 0 Å². The Morgan fingerprint density at radius 2 is 2.04 bits per heavy atom. The van der Waals surface area contributed by atoms with Gasteiger partial charge in [0.05, 0.1) is 18.5 Å². The molecule has 3 rings (SSSR count). The van der Waals surface area contributed by atoms with E-state index in [0.717, 1.165) is 40.0 Å². The van der Waals surface area contributed by atoms with Crippen LogP contribution in [0.4, 0.5) is 0 Å². The third-order valence-corrected chi connectivity index (χ3v) is 4.72. The molecule has 0 fully saturated rings. The molecule has 4 nitrogen and oxygen atoms in total. The predicted molar refractivity (Wildman–Crippen MR) is 95.2 cm³/mol. The third-order valence-electron chi connectivity index (χ3n) is 3.85. The smallest absolute Gasteiger partial charge is 0.262 e. The molecule has 5 heteroatoms. The first-order valence-corrected chi connectivity index (χ1v) is 8.69. The SMILES string of the molecule is CCCc1nc2scc(-c3ccccc3)c2c(=O)n1CCOC. The molecule has 0 aliphatic rings. The standard InChI is InChI=1S/C18H20N2O2S/c1-3-7-15-19-17-16(18(21)20(15)10-11-22-2)14(12-23-17)13-8-5-4-6-9-13/h4-6,8-9,12H,3,7,10-11H2,1-2H3. The molecule has 120 valence electrons. The van der Waals surface area contributed by atoms with Crippen LogP contribution in [0.15, 0.2) is 40.5 Å². The van der Waals surface area contributed by atoms with Gasteiger partial charge in [0.2, 0.25) is 0 Å². The van der Waals surface area contributed by atoms with Gasteiger partial charge in [0.15, 0.2) is 0 Å². The van der Waals surface area contributed by atoms with Crippen molar-refractivity contribution < 1.29 is 4.74 Å². The van der Waals surface area contributed by atoms with Gasteiger partial charge in [-0.2, -0.15) is 0 Å². The molecule has 0 aliphatic carbocycles. The third kappa shape index (κ3) is 3.07. The molecule has 0 unspecified atom stereocenters. The van der Waals surface area contributed by atoms with Gasteiger partial charge in [0.25, 0.3) is 5.56 Å². The summed E-state index contributed by atoms with van der Waals surface area (Å²) in [5.74, 6) is 0.850. The second kappa shape index (κ2) is 7.06. The Balaban J connectivity index is 2.22. The van der Waals surface area contributed by atoms with Crippen LogP contribution < -0.4 is 5.56 Å². The highest BCUT2D eigenvalue weighted by atomic mass is 32.1. The van der Waals surface area contributed by atoms with Crippen LogP contribution in [0.3, 0.4) is 0 Å². The van der Waals surface area contributed by atoms with Gasteiger partial charge in [-0.1, -0.05) is 37.3 Å². The Labute approximate surface area is 139 Å². The van der Waals surface area contributed by atoms with Crippen LogP contribution in [0.2, 0.25) is 0 Å². The molecule has 0 amide bonds. The largest absolute Gasteiger partial charge is 0.383 e. The lowest BCUT2D eigenvalue weighted by Gasteiger charge is -2.12. The molecule has 2 aromatic heterocycles. The second-order valence-corrected chi connectivity index (χ2v) is 6.28. The molecule has 23 heavy (non-hydrogen) atoms. The molecule has 1 aromatic carbocycles. The van der Waals surface area contributed by atoms with Crippen LogP contribution in [-0.4, -0.2) is 23.3 Å². The molecule has 0 radical (unpaired) electrons. The number of aryl methyl sites for hydroxylation is 1. The molecule has 0 N–H and O–H groups in total. The lowest BCUT2D eigenvalue weighted by Crippen LogP contribution is -2.27. The first-order chi connectivity index (χ1) is 11.3. The van der Waals surface area contributed by atoms with E-state index >= 15 is 0 Å². The zero-order chi connectivity index (χ0) is 16.2. The van der Waals surface area contributed by atoms with Crippen molar-refractivity contribution in [2.75, 3.05) is 13.7 Å². The van der Waals surface area contributed by atoms with E-state index in [1.807, 2.05) is 35.7 Å². The summed E-state index contributed by atoms with van der Waals surface area (Å²) < 4.78 is 6.93. The van der Waals surface area contributed by atoms with Gasteiger partial charge in [-0.05, 0) is 12.0 Å². The van der Waals surface area contributed by atoms with Gasteiger partial charge < -0.3 is 4.74 Å². The number of hydrogen-bond acceptors (Lipinski definition) is 4. The number of nitrogens with zero attached hydrogens (tertiary/aromatic N) is 2. The van der Waals surface area contributed by atoms with Crippen molar-refractivity contribution in [3.8, 4) is 11.1 Å². The summed E-state index contributed by atoms with van der Waals surface area (Å²) in [6.45, 7) is 3.15. The van der Waals surface area contributed by atoms with Crippen molar-refractivity contribution >= 4 is 21.6 Å². The van der Waals surface area contributed by atoms with Gasteiger partial charge in [0.1, 0.15) is 10.7 Å². The summed E-state index contributed by atoms with van der Waals surface area (Å²) in [5, 5.41) is 2.75. The van der Waals surface area contributed by atoms with E-state index < -0.39 is 0 Å². The maximum absolute atomic E-state index is 13.1. The molecule has 3 aromatic rings. The monoisotopic (exact) mass is 328 g/mol. The molecule has 0 aliphatic heterocycles. The minimum absolute atomic E-state index is 0.0376. The fourth-order valence-electron chi connectivity index (χ4n) is 2.72. The lowest BCUT2D eigenvalue weighted by atomic mass is 10.1. The summed E-state index contributed by atoms with van der Waals surface area (Å²) in [6.07, 6.45) is 1.76. The van der Waals surface area contributed by atoms with Crippen LogP contribution in [-0.2, 0) is 17.7 Å². The maximum atomic E-state index is 13.1. The van der Waals surface area contributed by atoms with Crippen molar-refractivity contribution in [3.05, 3.63) is 51.9 Å². The Kier molecular flexibility index (Phi) is 4.88. The van der Waals surface area contributed by atoms with Crippen molar-refractivity contribution in [1.82, 2.24) is 9.55 Å². The first-order valence-electron chi connectivity index (χ1n) is 7.81. The minimum Gasteiger partial charge on any atom is -0.383 e. The summed E-state index contributed by atoms with van der Waals surface area (Å²) in [4.78, 5) is 18.6. The second-order valence-electron chi connectivity index (χ2n) is 5.42. The molecule has 0 spiro atoms. The number of methoxy groups -OCH3 is 1. The Bertz CT molecular complexity index is 853. The first kappa shape index (κ1) is 15.9. The molecule has 0 saturated heterocycles. The average molecular weight is 328 g/mol. The van der Waals surface area contributed by atoms with Crippen LogP contribution in [0.25, 0.3) is 21.3 Å². The van der Waals surface area contributed by atoms with Crippen LogP contribution in [0.5, 0.6) is 0 Å². The van der Waals surface area contributed by atoms with E-state index in [0.29, 0.717) is 13.2 Å². The van der Waals surface area contributed by atoms with Gasteiger partial charge in [-0.25, -0.2) is 4.98 Å². The summed E-state index contributed by atoms with van der Waals surface area (Å²) in [7, 11) is 1.65. The highest BCUT2D eigenvalue weighted by Crippen LogP contribution is 2.30. The quantitative estimate of drug-likeness (QED) is 0.692. The van der Waals surface area contributed by atoms with Crippen LogP contribution in [0.1, 0.15) is 19.2 Å². The fraction of sp³-hybridized carbons (Fsp3) is 0.333. The fourth-order valence-corrected chi connectivity index (χ4v) is 3.68. The van der Waals surface area contributed by atoms with E-state index in [1.165, 1.54) is 11.3 Å². The zero-order valence-corrected chi connectivity index (χ0v) is 14.2. The topological polar surface area (TPSA) is 44.1 Å². The van der Waals surface area contributed by atoms with Gasteiger partial charge in [-0.15, -0.1) is 11.3 Å². The lowest BCUT2D eigenvalue weighted by molar-refractivity contribution is 0.185. The average Bonchev–Trinajstić information content (AvgIpc) is 3.00. The van der Waals surface area contributed by atoms with Gasteiger partial charge >= 0.3 is 0 Å². The van der Waals surface area contributed by atoms with Gasteiger partial charge in [0, 0.05) is 24.5 Å². The minimum atomic E-state index is 0.0376. The van der Waals surface area contributed by atoms with Crippen molar-refractivity contribution in [3.63, 3.8) is 0 Å². The highest BCUT2D eigenvalue weighted by Gasteiger charge is 2.16. The maximum Gasteiger partial charge on any atom is 0.262 e. The van der Waals surface area contributed by atoms with Gasteiger partial charge in [-0.3, -0.25) is 9.36 Å². The molecule has 0 bridgehead atoms. The predicted octanol–water partition coefficient (Wildman–Crippen LogP) is 3.72. The summed E-state index contributed by atoms with van der Waals surface area (Å²) in [5.41, 5.74) is 2.06. The van der Waals surface area contributed by atoms with Crippen LogP contribution >= 0.6 is 11.3 Å². The van der Waals surface area contributed by atoms with Crippen molar-refractivity contribution in [2.24, 2.45) is 0 Å². The number of thiophene rings is 1. The molecule has 0 atom stereocenters. The van der Waals surface area contributed by atoms with E-state index in [-0.39, 0.29) is 5.56 Å².